The van der Waals surface area contributed by atoms with Crippen molar-refractivity contribution >= 4 is 58.2 Å². The van der Waals surface area contributed by atoms with E-state index in [0.29, 0.717) is 37.8 Å². The molecule has 1 atom stereocenters. The van der Waals surface area contributed by atoms with Crippen molar-refractivity contribution in [1.29, 1.82) is 0 Å². The lowest BCUT2D eigenvalue weighted by Crippen LogP contribution is -2.53. The minimum Gasteiger partial charge on any atom is -0.482 e. The molecule has 1 saturated carbocycles. The third-order valence-electron chi connectivity index (χ3n) is 6.82. The maximum absolute atomic E-state index is 13.8. The first kappa shape index (κ1) is 29.5. The van der Waals surface area contributed by atoms with E-state index < -0.39 is 6.04 Å². The Morgan fingerprint density at radius 1 is 0.872 bits per heavy atom. The SMILES string of the molecule is O=C(NC1CCCCC1)[C@H](Cc1ccccc1)N(Cc1ccc(Cl)cc1Cl)C(=O)COc1ccc(Cl)cc1Cl. The normalized spacial score (nSPS) is 14.5. The van der Waals surface area contributed by atoms with E-state index in [2.05, 4.69) is 5.32 Å². The third-order valence-corrected chi connectivity index (χ3v) is 7.94. The Morgan fingerprint density at radius 2 is 1.54 bits per heavy atom. The molecule has 39 heavy (non-hydrogen) atoms. The van der Waals surface area contributed by atoms with E-state index >= 15 is 0 Å². The second-order valence-corrected chi connectivity index (χ2v) is 11.4. The van der Waals surface area contributed by atoms with Crippen molar-refractivity contribution in [1.82, 2.24) is 10.2 Å². The van der Waals surface area contributed by atoms with Gasteiger partial charge in [0, 0.05) is 34.1 Å². The van der Waals surface area contributed by atoms with Gasteiger partial charge in [-0.3, -0.25) is 9.59 Å². The molecule has 0 aromatic heterocycles. The van der Waals surface area contributed by atoms with Crippen LogP contribution in [0.15, 0.2) is 66.7 Å². The number of nitrogens with one attached hydrogen (secondary N) is 1. The van der Waals surface area contributed by atoms with E-state index in [0.717, 1.165) is 31.2 Å². The van der Waals surface area contributed by atoms with Gasteiger partial charge in [0.25, 0.3) is 5.91 Å². The van der Waals surface area contributed by atoms with Crippen LogP contribution in [-0.4, -0.2) is 35.4 Å². The Morgan fingerprint density at radius 3 is 2.21 bits per heavy atom. The lowest BCUT2D eigenvalue weighted by Gasteiger charge is -2.33. The lowest BCUT2D eigenvalue weighted by molar-refractivity contribution is -0.143. The Bertz CT molecular complexity index is 1280. The molecule has 0 aliphatic heterocycles. The number of hydrogen-bond donors (Lipinski definition) is 1. The van der Waals surface area contributed by atoms with E-state index in [1.165, 1.54) is 11.3 Å². The zero-order chi connectivity index (χ0) is 27.8. The van der Waals surface area contributed by atoms with Crippen LogP contribution in [0.2, 0.25) is 20.1 Å². The van der Waals surface area contributed by atoms with Gasteiger partial charge in [0.2, 0.25) is 5.91 Å². The van der Waals surface area contributed by atoms with Gasteiger partial charge in [-0.25, -0.2) is 0 Å². The summed E-state index contributed by atoms with van der Waals surface area (Å²) in [6, 6.07) is 18.8. The lowest BCUT2D eigenvalue weighted by atomic mass is 9.94. The van der Waals surface area contributed by atoms with Crippen molar-refractivity contribution in [2.45, 2.75) is 57.2 Å². The average molecular weight is 608 g/mol. The summed E-state index contributed by atoms with van der Waals surface area (Å²) in [6.45, 7) is -0.226. The number of carbonyl (C=O) groups is 2. The Kier molecular flexibility index (Phi) is 10.8. The molecule has 0 unspecified atom stereocenters. The molecule has 9 heteroatoms. The van der Waals surface area contributed by atoms with Crippen LogP contribution in [0, 0.1) is 0 Å². The van der Waals surface area contributed by atoms with Gasteiger partial charge in [-0.1, -0.05) is 102 Å². The molecule has 1 aliphatic rings. The van der Waals surface area contributed by atoms with Gasteiger partial charge in [0.05, 0.1) is 5.02 Å². The molecule has 5 nitrogen and oxygen atoms in total. The number of amides is 2. The molecule has 0 spiro atoms. The Labute approximate surface area is 249 Å². The summed E-state index contributed by atoms with van der Waals surface area (Å²) in [5.41, 5.74) is 1.60. The molecule has 0 radical (unpaired) electrons. The molecule has 3 aromatic carbocycles. The van der Waals surface area contributed by atoms with Crippen molar-refractivity contribution in [2.75, 3.05) is 6.61 Å². The summed E-state index contributed by atoms with van der Waals surface area (Å²) in [6.07, 6.45) is 5.51. The van der Waals surface area contributed by atoms with Crippen molar-refractivity contribution in [3.8, 4) is 5.75 Å². The summed E-state index contributed by atoms with van der Waals surface area (Å²) in [5, 5.41) is 4.85. The highest BCUT2D eigenvalue weighted by Gasteiger charge is 2.32. The smallest absolute Gasteiger partial charge is 0.261 e. The molecule has 0 bridgehead atoms. The van der Waals surface area contributed by atoms with Crippen LogP contribution in [-0.2, 0) is 22.6 Å². The van der Waals surface area contributed by atoms with Gasteiger partial charge in [0.15, 0.2) is 6.61 Å². The predicted molar refractivity (Wildman–Crippen MR) is 158 cm³/mol. The molecule has 0 saturated heterocycles. The molecule has 3 aromatic rings. The van der Waals surface area contributed by atoms with Gasteiger partial charge in [-0.2, -0.15) is 0 Å². The second-order valence-electron chi connectivity index (χ2n) is 9.67. The van der Waals surface area contributed by atoms with E-state index in [1.54, 1.807) is 36.4 Å². The average Bonchev–Trinajstić information content (AvgIpc) is 2.92. The fraction of sp³-hybridized carbons (Fsp3) is 0.333. The van der Waals surface area contributed by atoms with Crippen molar-refractivity contribution in [2.24, 2.45) is 0 Å². The van der Waals surface area contributed by atoms with Crippen molar-refractivity contribution < 1.29 is 14.3 Å². The highest BCUT2D eigenvalue weighted by Crippen LogP contribution is 2.28. The zero-order valence-electron chi connectivity index (χ0n) is 21.3. The van der Waals surface area contributed by atoms with Crippen LogP contribution in [0.4, 0.5) is 0 Å². The van der Waals surface area contributed by atoms with E-state index in [9.17, 15) is 9.59 Å². The topological polar surface area (TPSA) is 58.6 Å². The number of carbonyl (C=O) groups excluding carboxylic acids is 2. The van der Waals surface area contributed by atoms with Gasteiger partial charge in [0.1, 0.15) is 11.8 Å². The zero-order valence-corrected chi connectivity index (χ0v) is 24.4. The molecular formula is C30H30Cl4N2O3. The molecular weight excluding hydrogens is 578 g/mol. The van der Waals surface area contributed by atoms with Crippen molar-refractivity contribution in [3.05, 3.63) is 97.9 Å². The summed E-state index contributed by atoms with van der Waals surface area (Å²) >= 11 is 24.9. The van der Waals surface area contributed by atoms with Crippen LogP contribution >= 0.6 is 46.4 Å². The van der Waals surface area contributed by atoms with Crippen LogP contribution in [0.5, 0.6) is 5.75 Å². The summed E-state index contributed by atoms with van der Waals surface area (Å²) in [7, 11) is 0. The monoisotopic (exact) mass is 606 g/mol. The first-order chi connectivity index (χ1) is 18.8. The number of nitrogens with zero attached hydrogens (tertiary/aromatic N) is 1. The first-order valence-electron chi connectivity index (χ1n) is 13.0. The standard InChI is InChI=1S/C30H30Cl4N2O3/c31-22-12-11-21(25(33)16-22)18-36(29(37)19-39-28-14-13-23(32)17-26(28)34)27(15-20-7-3-1-4-8-20)30(38)35-24-9-5-2-6-10-24/h1,3-4,7-8,11-14,16-17,24,27H,2,5-6,9-10,15,18-19H2,(H,35,38)/t27-/m0/s1. The van der Waals surface area contributed by atoms with Crippen molar-refractivity contribution in [3.63, 3.8) is 0 Å². The number of hydrogen-bond acceptors (Lipinski definition) is 3. The molecule has 4 rings (SSSR count). The van der Waals surface area contributed by atoms with Gasteiger partial charge >= 0.3 is 0 Å². The van der Waals surface area contributed by atoms with Gasteiger partial charge in [-0.15, -0.1) is 0 Å². The predicted octanol–water partition coefficient (Wildman–Crippen LogP) is 7.77. The number of benzene rings is 3. The Balaban J connectivity index is 1.64. The molecule has 2 amide bonds. The second kappa shape index (κ2) is 14.3. The molecule has 0 heterocycles. The minimum atomic E-state index is -0.794. The number of halogens is 4. The number of rotatable bonds is 10. The minimum absolute atomic E-state index is 0.0877. The largest absolute Gasteiger partial charge is 0.482 e. The molecule has 1 aliphatic carbocycles. The van der Waals surface area contributed by atoms with Crippen LogP contribution < -0.4 is 10.1 Å². The fourth-order valence-electron chi connectivity index (χ4n) is 4.75. The third kappa shape index (κ3) is 8.52. The number of ether oxygens (including phenoxy) is 1. The van der Waals surface area contributed by atoms with Gasteiger partial charge in [-0.05, 0) is 54.3 Å². The summed E-state index contributed by atoms with van der Waals surface area (Å²) in [4.78, 5) is 29.1. The van der Waals surface area contributed by atoms with Crippen LogP contribution in [0.3, 0.4) is 0 Å². The fourth-order valence-corrected chi connectivity index (χ4v) is 5.68. The highest BCUT2D eigenvalue weighted by molar-refractivity contribution is 6.35. The van der Waals surface area contributed by atoms with Crippen LogP contribution in [0.1, 0.15) is 43.2 Å². The first-order valence-corrected chi connectivity index (χ1v) is 14.5. The maximum Gasteiger partial charge on any atom is 0.261 e. The van der Waals surface area contributed by atoms with E-state index in [4.69, 9.17) is 51.1 Å². The molecule has 1 fully saturated rings. The van der Waals surface area contributed by atoms with Crippen LogP contribution in [0.25, 0.3) is 0 Å². The summed E-state index contributed by atoms with van der Waals surface area (Å²) < 4.78 is 5.78. The van der Waals surface area contributed by atoms with E-state index in [1.807, 2.05) is 30.3 Å². The van der Waals surface area contributed by atoms with Gasteiger partial charge < -0.3 is 15.0 Å². The quantitative estimate of drug-likeness (QED) is 0.256. The maximum atomic E-state index is 13.8. The molecule has 206 valence electrons. The molecule has 1 N–H and O–H groups in total. The highest BCUT2D eigenvalue weighted by atomic mass is 35.5. The van der Waals surface area contributed by atoms with E-state index in [-0.39, 0.29) is 31.0 Å². The summed E-state index contributed by atoms with van der Waals surface area (Å²) in [5.74, 6) is -0.259. The Hall–Kier alpha value is -2.44.